The van der Waals surface area contributed by atoms with Crippen LogP contribution in [0.25, 0.3) is 10.9 Å². The van der Waals surface area contributed by atoms with Gasteiger partial charge in [0.25, 0.3) is 0 Å². The number of carboxylic acids is 1. The number of amides is 1. The maximum Gasteiger partial charge on any atom is 0.409 e. The second kappa shape index (κ2) is 8.17. The molecule has 1 saturated heterocycles. The molecule has 0 atom stereocenters. The second-order valence-corrected chi connectivity index (χ2v) is 7.90. The maximum absolute atomic E-state index is 14.9. The van der Waals surface area contributed by atoms with Gasteiger partial charge < -0.3 is 24.2 Å². The van der Waals surface area contributed by atoms with Crippen molar-refractivity contribution in [2.24, 2.45) is 0 Å². The van der Waals surface area contributed by atoms with Crippen LogP contribution in [0.2, 0.25) is 0 Å². The molecule has 160 valence electrons. The molecule has 2 fully saturated rings. The molecule has 30 heavy (non-hydrogen) atoms. The van der Waals surface area contributed by atoms with E-state index in [0.717, 1.165) is 18.9 Å². The highest BCUT2D eigenvalue weighted by molar-refractivity contribution is 7.80. The summed E-state index contributed by atoms with van der Waals surface area (Å²) in [7, 11) is 0. The first-order chi connectivity index (χ1) is 14.4. The van der Waals surface area contributed by atoms with E-state index in [1.165, 1.54) is 6.20 Å². The zero-order valence-corrected chi connectivity index (χ0v) is 17.1. The number of fused-ring (bicyclic) bond motifs is 1. The molecule has 10 heteroatoms. The van der Waals surface area contributed by atoms with Gasteiger partial charge in [0.15, 0.2) is 0 Å². The van der Waals surface area contributed by atoms with E-state index in [0.29, 0.717) is 43.1 Å². The average molecular weight is 435 g/mol. The number of carbonyl (C=O) groups excluding carboxylic acids is 1. The molecule has 1 aliphatic carbocycles. The molecular formula is C20H22FN3O5S. The molecule has 0 unspecified atom stereocenters. The fraction of sp³-hybridized carbons (Fsp3) is 0.450. The van der Waals surface area contributed by atoms with E-state index >= 15 is 0 Å². The number of benzene rings is 1. The number of carbonyl (C=O) groups is 2. The van der Waals surface area contributed by atoms with Gasteiger partial charge in [0, 0.05) is 49.6 Å². The second-order valence-electron chi connectivity index (χ2n) is 7.45. The van der Waals surface area contributed by atoms with Crippen molar-refractivity contribution in [1.29, 1.82) is 0 Å². The van der Waals surface area contributed by atoms with Crippen LogP contribution in [0.4, 0.5) is 14.9 Å². The number of hydrogen-bond acceptors (Lipinski definition) is 6. The number of piperazine rings is 1. The van der Waals surface area contributed by atoms with Crippen LogP contribution in [-0.4, -0.2) is 65.2 Å². The van der Waals surface area contributed by atoms with Crippen LogP contribution in [0.1, 0.15) is 29.2 Å². The summed E-state index contributed by atoms with van der Waals surface area (Å²) >= 11 is 4.01. The first-order valence-corrected chi connectivity index (χ1v) is 10.4. The summed E-state index contributed by atoms with van der Waals surface area (Å²) in [6.45, 7) is 1.84. The molecule has 2 heterocycles. The number of halogens is 1. The van der Waals surface area contributed by atoms with Gasteiger partial charge in [0.2, 0.25) is 5.43 Å². The van der Waals surface area contributed by atoms with Crippen LogP contribution in [0.3, 0.4) is 0 Å². The molecule has 1 aromatic carbocycles. The summed E-state index contributed by atoms with van der Waals surface area (Å²) in [5.74, 6) is -1.46. The van der Waals surface area contributed by atoms with Crippen LogP contribution in [0.15, 0.2) is 23.1 Å². The molecule has 2 aromatic rings. The van der Waals surface area contributed by atoms with E-state index in [2.05, 4.69) is 12.6 Å². The van der Waals surface area contributed by atoms with Crippen molar-refractivity contribution in [3.63, 3.8) is 0 Å². The van der Waals surface area contributed by atoms with E-state index in [1.54, 1.807) is 15.5 Å². The van der Waals surface area contributed by atoms with Gasteiger partial charge in [-0.05, 0) is 25.0 Å². The average Bonchev–Trinajstić information content (AvgIpc) is 3.57. The molecule has 2 aliphatic rings. The van der Waals surface area contributed by atoms with Gasteiger partial charge in [-0.3, -0.25) is 4.79 Å². The summed E-state index contributed by atoms with van der Waals surface area (Å²) in [6.07, 6.45) is 2.72. The van der Waals surface area contributed by atoms with Crippen LogP contribution in [-0.2, 0) is 4.74 Å². The van der Waals surface area contributed by atoms with Gasteiger partial charge in [-0.25, -0.2) is 14.0 Å². The summed E-state index contributed by atoms with van der Waals surface area (Å²) in [5, 5.41) is 9.41. The molecule has 1 amide bonds. The first kappa shape index (κ1) is 20.5. The number of pyridine rings is 1. The third-order valence-corrected chi connectivity index (χ3v) is 5.65. The number of anilines is 1. The van der Waals surface area contributed by atoms with Crippen LogP contribution in [0, 0.1) is 5.82 Å². The quantitative estimate of drug-likeness (QED) is 0.701. The summed E-state index contributed by atoms with van der Waals surface area (Å²) < 4.78 is 21.8. The van der Waals surface area contributed by atoms with Crippen molar-refractivity contribution in [2.45, 2.75) is 18.9 Å². The fourth-order valence-electron chi connectivity index (χ4n) is 3.76. The molecule has 4 rings (SSSR count). The largest absolute Gasteiger partial charge is 0.477 e. The van der Waals surface area contributed by atoms with Gasteiger partial charge >= 0.3 is 12.1 Å². The number of nitrogens with zero attached hydrogens (tertiary/aromatic N) is 3. The highest BCUT2D eigenvalue weighted by Crippen LogP contribution is 2.38. The Bertz CT molecular complexity index is 1060. The zero-order chi connectivity index (χ0) is 21.4. The highest BCUT2D eigenvalue weighted by Gasteiger charge is 2.29. The van der Waals surface area contributed by atoms with Crippen molar-refractivity contribution in [1.82, 2.24) is 9.47 Å². The number of aromatic nitrogens is 1. The number of ether oxygens (including phenoxy) is 1. The Kier molecular flexibility index (Phi) is 5.59. The molecule has 0 bridgehead atoms. The molecule has 0 spiro atoms. The van der Waals surface area contributed by atoms with Crippen molar-refractivity contribution in [3.8, 4) is 0 Å². The zero-order valence-electron chi connectivity index (χ0n) is 16.2. The van der Waals surface area contributed by atoms with Crippen LogP contribution < -0.4 is 10.3 Å². The molecule has 1 aromatic heterocycles. The lowest BCUT2D eigenvalue weighted by Crippen LogP contribution is -2.49. The number of hydrogen-bond donors (Lipinski definition) is 2. The van der Waals surface area contributed by atoms with E-state index in [9.17, 15) is 23.9 Å². The lowest BCUT2D eigenvalue weighted by molar-refractivity contribution is 0.0694. The molecule has 8 nitrogen and oxygen atoms in total. The SMILES string of the molecule is O=C(O)c1cn(C2CC2)c2cc(N3CCN(C(=O)OCCS)CC3)c(F)cc2c1=O. The maximum atomic E-state index is 14.9. The Balaban J connectivity index is 1.65. The standard InChI is InChI=1S/C20H22FN3O5S/c21-15-9-13-16(24(12-1-2-12)11-14(18(13)25)19(26)27)10-17(15)22-3-5-23(6-4-22)20(28)29-7-8-30/h9-12,30H,1-8H2,(H,26,27). The topological polar surface area (TPSA) is 92.1 Å². The van der Waals surface area contributed by atoms with Gasteiger partial charge in [0.05, 0.1) is 11.2 Å². The van der Waals surface area contributed by atoms with Gasteiger partial charge in [-0.2, -0.15) is 12.6 Å². The third kappa shape index (κ3) is 3.83. The number of carboxylic acid groups (broad SMARTS) is 1. The Morgan fingerprint density at radius 3 is 2.50 bits per heavy atom. The van der Waals surface area contributed by atoms with Gasteiger partial charge in [0.1, 0.15) is 18.0 Å². The molecule has 1 N–H and O–H groups in total. The molecular weight excluding hydrogens is 413 g/mol. The predicted octanol–water partition coefficient (Wildman–Crippen LogP) is 2.36. The van der Waals surface area contributed by atoms with Crippen molar-refractivity contribution >= 4 is 41.3 Å². The summed E-state index contributed by atoms with van der Waals surface area (Å²) in [5.41, 5.74) is -0.172. The monoisotopic (exact) mass is 435 g/mol. The fourth-order valence-corrected chi connectivity index (χ4v) is 3.85. The van der Waals surface area contributed by atoms with E-state index in [-0.39, 0.29) is 23.6 Å². The minimum absolute atomic E-state index is 0.0667. The van der Waals surface area contributed by atoms with Crippen LogP contribution >= 0.6 is 12.6 Å². The lowest BCUT2D eigenvalue weighted by Gasteiger charge is -2.35. The predicted molar refractivity (Wildman–Crippen MR) is 112 cm³/mol. The number of thiol groups is 1. The first-order valence-electron chi connectivity index (χ1n) is 9.80. The van der Waals surface area contributed by atoms with Crippen molar-refractivity contribution in [3.05, 3.63) is 39.9 Å². The molecule has 1 saturated carbocycles. The van der Waals surface area contributed by atoms with Crippen molar-refractivity contribution < 1.29 is 23.8 Å². The third-order valence-electron chi connectivity index (χ3n) is 5.47. The Morgan fingerprint density at radius 1 is 1.20 bits per heavy atom. The normalized spacial score (nSPS) is 16.7. The highest BCUT2D eigenvalue weighted by atomic mass is 32.1. The van der Waals surface area contributed by atoms with E-state index in [4.69, 9.17) is 4.74 Å². The van der Waals surface area contributed by atoms with Crippen LogP contribution in [0.5, 0.6) is 0 Å². The Labute approximate surface area is 177 Å². The number of rotatable bonds is 5. The van der Waals surface area contributed by atoms with E-state index < -0.39 is 23.3 Å². The smallest absolute Gasteiger partial charge is 0.409 e. The van der Waals surface area contributed by atoms with Crippen molar-refractivity contribution in [2.75, 3.05) is 43.4 Å². The molecule has 0 radical (unpaired) electrons. The Morgan fingerprint density at radius 2 is 1.90 bits per heavy atom. The lowest BCUT2D eigenvalue weighted by atomic mass is 10.1. The van der Waals surface area contributed by atoms with E-state index in [1.807, 2.05) is 4.90 Å². The minimum Gasteiger partial charge on any atom is -0.477 e. The summed E-state index contributed by atoms with van der Waals surface area (Å²) in [6, 6.07) is 2.86. The summed E-state index contributed by atoms with van der Waals surface area (Å²) in [4.78, 5) is 39.4. The molecule has 1 aliphatic heterocycles. The van der Waals surface area contributed by atoms with Gasteiger partial charge in [-0.15, -0.1) is 0 Å². The Hall–Kier alpha value is -2.75. The van der Waals surface area contributed by atoms with Gasteiger partial charge in [-0.1, -0.05) is 0 Å². The number of aromatic carboxylic acids is 1. The minimum atomic E-state index is -1.32.